The first-order valence-corrected chi connectivity index (χ1v) is 12.2. The summed E-state index contributed by atoms with van der Waals surface area (Å²) in [6.45, 7) is 8.88. The Kier molecular flexibility index (Phi) is 14.3. The van der Waals surface area contributed by atoms with Gasteiger partial charge in [-0.2, -0.15) is 0 Å². The van der Waals surface area contributed by atoms with E-state index >= 15 is 0 Å². The highest BCUT2D eigenvalue weighted by Crippen LogP contribution is 2.30. The molecule has 1 atom stereocenters. The van der Waals surface area contributed by atoms with Crippen molar-refractivity contribution in [1.82, 2.24) is 10.6 Å². The average Bonchev–Trinajstić information content (AvgIpc) is 2.80. The van der Waals surface area contributed by atoms with Gasteiger partial charge in [0.2, 0.25) is 0 Å². The maximum Gasteiger partial charge on any atom is 0.407 e. The normalized spacial score (nSPS) is 11.9. The third kappa shape index (κ3) is 14.1. The van der Waals surface area contributed by atoms with Crippen molar-refractivity contribution < 1.29 is 18.7 Å². The van der Waals surface area contributed by atoms with E-state index in [9.17, 15) is 14.0 Å². The van der Waals surface area contributed by atoms with Crippen molar-refractivity contribution in [2.75, 3.05) is 20.1 Å². The van der Waals surface area contributed by atoms with Gasteiger partial charge in [-0.15, -0.1) is 0 Å². The Hall–Kier alpha value is -2.99. The van der Waals surface area contributed by atoms with Crippen LogP contribution in [-0.4, -0.2) is 38.1 Å². The molecule has 1 amide bonds. The van der Waals surface area contributed by atoms with Crippen LogP contribution in [0.15, 0.2) is 60.7 Å². The molecule has 0 aromatic heterocycles. The predicted molar refractivity (Wildman–Crippen MR) is 141 cm³/mol. The number of amides is 1. The summed E-state index contributed by atoms with van der Waals surface area (Å²) in [5.41, 5.74) is 3.18. The molecule has 1 unspecified atom stereocenters. The number of carbonyl (C=O) groups excluding carboxylic acids is 2. The number of alkyl carbamates (subject to hydrolysis) is 1. The van der Waals surface area contributed by atoms with Gasteiger partial charge in [0.25, 0.3) is 0 Å². The molecule has 0 fully saturated rings. The quantitative estimate of drug-likeness (QED) is 0.223. The van der Waals surface area contributed by atoms with Gasteiger partial charge < -0.3 is 20.2 Å². The summed E-state index contributed by atoms with van der Waals surface area (Å²) in [5, 5.41) is 5.59. The largest absolute Gasteiger partial charge is 0.444 e. The molecular weight excluding hydrogens is 443 g/mol. The fourth-order valence-electron chi connectivity index (χ4n) is 3.34. The summed E-state index contributed by atoms with van der Waals surface area (Å²) in [7, 11) is 1.87. The van der Waals surface area contributed by atoms with Crippen molar-refractivity contribution >= 4 is 12.4 Å². The van der Waals surface area contributed by atoms with Gasteiger partial charge in [-0.3, -0.25) is 0 Å². The maximum absolute atomic E-state index is 13.1. The zero-order valence-corrected chi connectivity index (χ0v) is 21.8. The van der Waals surface area contributed by atoms with Gasteiger partial charge in [0, 0.05) is 25.4 Å². The molecule has 0 aliphatic heterocycles. The van der Waals surface area contributed by atoms with Crippen LogP contribution in [0.3, 0.4) is 0 Å². The van der Waals surface area contributed by atoms with Gasteiger partial charge in [-0.05, 0) is 70.8 Å². The number of hydrogen-bond donors (Lipinski definition) is 2. The van der Waals surface area contributed by atoms with Crippen molar-refractivity contribution in [3.8, 4) is 0 Å². The second-order valence-electron chi connectivity index (χ2n) is 9.38. The molecule has 5 nitrogen and oxygen atoms in total. The molecule has 6 heteroatoms. The molecule has 0 aliphatic rings. The molecular formula is C29H41FN2O3. The van der Waals surface area contributed by atoms with E-state index in [1.807, 2.05) is 52.1 Å². The van der Waals surface area contributed by atoms with Gasteiger partial charge >= 0.3 is 6.09 Å². The molecule has 2 rings (SSSR count). The standard InChI is InChI=1S/C19H21FO.C10H20N2O2/c1-15-6-8-16(9-7-15)19(5-3-2-4-14-21)17-10-12-18(20)13-11-17;1-10(2,3)14-9(13)12-8-6-5-7-11-4/h6-14,19H,2-5H2,1H3;5-6,11H,7-8H2,1-4H3,(H,12,13)/b;6-5+. The SMILES string of the molecule is CNC/C=C/CNC(=O)OC(C)(C)C.Cc1ccc(C(CCCCC=O)c2ccc(F)cc2)cc1. The number of carbonyl (C=O) groups is 2. The Morgan fingerprint density at radius 3 is 2.09 bits per heavy atom. The summed E-state index contributed by atoms with van der Waals surface area (Å²) in [5.74, 6) is 0.0558. The molecule has 35 heavy (non-hydrogen) atoms. The van der Waals surface area contributed by atoms with Crippen LogP contribution in [0, 0.1) is 12.7 Å². The highest BCUT2D eigenvalue weighted by Gasteiger charge is 2.15. The van der Waals surface area contributed by atoms with Crippen molar-refractivity contribution in [1.29, 1.82) is 0 Å². The first kappa shape index (κ1) is 30.0. The number of hydrogen-bond acceptors (Lipinski definition) is 4. The number of ether oxygens (including phenoxy) is 1. The van der Waals surface area contributed by atoms with E-state index in [0.29, 0.717) is 13.0 Å². The number of nitrogens with one attached hydrogen (secondary N) is 2. The Bertz CT molecular complexity index is 842. The zero-order chi connectivity index (χ0) is 26.1. The van der Waals surface area contributed by atoms with Crippen LogP contribution in [-0.2, 0) is 9.53 Å². The second kappa shape index (κ2) is 16.6. The lowest BCUT2D eigenvalue weighted by Crippen LogP contribution is -2.32. The lowest BCUT2D eigenvalue weighted by molar-refractivity contribution is -0.107. The molecule has 2 aromatic rings. The van der Waals surface area contributed by atoms with Gasteiger partial charge in [0.15, 0.2) is 0 Å². The number of likely N-dealkylation sites (N-methyl/N-ethyl adjacent to an activating group) is 1. The minimum atomic E-state index is -0.432. The molecule has 0 heterocycles. The molecule has 0 bridgehead atoms. The van der Waals surface area contributed by atoms with E-state index < -0.39 is 5.60 Å². The van der Waals surface area contributed by atoms with E-state index in [1.54, 1.807) is 0 Å². The van der Waals surface area contributed by atoms with Crippen LogP contribution in [0.2, 0.25) is 0 Å². The molecule has 192 valence electrons. The molecule has 0 aliphatic carbocycles. The summed E-state index contributed by atoms with van der Waals surface area (Å²) >= 11 is 0. The Labute approximate surface area is 210 Å². The van der Waals surface area contributed by atoms with Crippen LogP contribution in [0.1, 0.15) is 69.1 Å². The van der Waals surface area contributed by atoms with E-state index in [2.05, 4.69) is 41.8 Å². The summed E-state index contributed by atoms with van der Waals surface area (Å²) in [6.07, 6.45) is 7.90. The van der Waals surface area contributed by atoms with Crippen LogP contribution in [0.4, 0.5) is 9.18 Å². The van der Waals surface area contributed by atoms with E-state index in [4.69, 9.17) is 4.74 Å². The number of benzene rings is 2. The number of rotatable bonds is 11. The Morgan fingerprint density at radius 1 is 0.971 bits per heavy atom. The number of unbranched alkanes of at least 4 members (excludes halogenated alkanes) is 2. The van der Waals surface area contributed by atoms with E-state index in [1.165, 1.54) is 23.3 Å². The van der Waals surface area contributed by atoms with E-state index in [0.717, 1.165) is 37.7 Å². The fraction of sp³-hybridized carbons (Fsp3) is 0.448. The van der Waals surface area contributed by atoms with Crippen LogP contribution >= 0.6 is 0 Å². The van der Waals surface area contributed by atoms with Gasteiger partial charge in [0.1, 0.15) is 17.7 Å². The summed E-state index contributed by atoms with van der Waals surface area (Å²) in [6, 6.07) is 15.3. The minimum Gasteiger partial charge on any atom is -0.444 e. The molecule has 0 radical (unpaired) electrons. The van der Waals surface area contributed by atoms with Gasteiger partial charge in [-0.25, -0.2) is 9.18 Å². The summed E-state index contributed by atoms with van der Waals surface area (Å²) < 4.78 is 18.2. The van der Waals surface area contributed by atoms with E-state index in [-0.39, 0.29) is 17.8 Å². The predicted octanol–water partition coefficient (Wildman–Crippen LogP) is 6.31. The lowest BCUT2D eigenvalue weighted by atomic mass is 9.86. The van der Waals surface area contributed by atoms with Crippen molar-refractivity contribution in [2.24, 2.45) is 0 Å². The molecule has 0 saturated carbocycles. The van der Waals surface area contributed by atoms with Gasteiger partial charge in [-0.1, -0.05) is 60.5 Å². The highest BCUT2D eigenvalue weighted by atomic mass is 19.1. The first-order chi connectivity index (χ1) is 16.7. The van der Waals surface area contributed by atoms with Gasteiger partial charge in [0.05, 0.1) is 0 Å². The minimum absolute atomic E-state index is 0.206. The third-order valence-electron chi connectivity index (χ3n) is 5.07. The van der Waals surface area contributed by atoms with Crippen molar-refractivity contribution in [3.05, 3.63) is 83.2 Å². The fourth-order valence-corrected chi connectivity index (χ4v) is 3.34. The maximum atomic E-state index is 13.1. The number of halogens is 1. The van der Waals surface area contributed by atoms with Crippen LogP contribution in [0.5, 0.6) is 0 Å². The number of aryl methyl sites for hydroxylation is 1. The topological polar surface area (TPSA) is 67.4 Å². The molecule has 0 saturated heterocycles. The van der Waals surface area contributed by atoms with Crippen LogP contribution in [0.25, 0.3) is 0 Å². The molecule has 2 aromatic carbocycles. The number of aldehydes is 1. The zero-order valence-electron chi connectivity index (χ0n) is 21.8. The Morgan fingerprint density at radius 2 is 1.54 bits per heavy atom. The third-order valence-corrected chi connectivity index (χ3v) is 5.07. The van der Waals surface area contributed by atoms with Crippen molar-refractivity contribution in [3.63, 3.8) is 0 Å². The smallest absolute Gasteiger partial charge is 0.407 e. The molecule has 0 spiro atoms. The molecule has 2 N–H and O–H groups in total. The Balaban J connectivity index is 0.000000383. The summed E-state index contributed by atoms with van der Waals surface area (Å²) in [4.78, 5) is 21.5. The first-order valence-electron chi connectivity index (χ1n) is 12.2. The lowest BCUT2D eigenvalue weighted by Gasteiger charge is -2.19. The average molecular weight is 485 g/mol. The van der Waals surface area contributed by atoms with Crippen LogP contribution < -0.4 is 10.6 Å². The second-order valence-corrected chi connectivity index (χ2v) is 9.38. The highest BCUT2D eigenvalue weighted by molar-refractivity contribution is 5.67. The van der Waals surface area contributed by atoms with Crippen molar-refractivity contribution in [2.45, 2.75) is 64.9 Å². The monoisotopic (exact) mass is 484 g/mol.